The summed E-state index contributed by atoms with van der Waals surface area (Å²) >= 11 is 0. The molecule has 0 heterocycles. The highest BCUT2D eigenvalue weighted by Gasteiger charge is 2.22. The Morgan fingerprint density at radius 3 is 2.57 bits per heavy atom. The molecule has 7 heteroatoms. The van der Waals surface area contributed by atoms with Crippen molar-refractivity contribution in [1.29, 1.82) is 0 Å². The molecule has 4 N–H and O–H groups in total. The first-order chi connectivity index (χ1) is 9.82. The number of carbonyl (C=O) groups is 1. The molecule has 0 saturated carbocycles. The zero-order valence-corrected chi connectivity index (χ0v) is 10.9. The lowest BCUT2D eigenvalue weighted by atomic mass is 10.1. The van der Waals surface area contributed by atoms with Crippen molar-refractivity contribution < 1.29 is 23.1 Å². The lowest BCUT2D eigenvalue weighted by Gasteiger charge is -2.11. The van der Waals surface area contributed by atoms with Gasteiger partial charge in [-0.1, -0.05) is 6.07 Å². The number of nitrogen functional groups attached to an aromatic ring is 1. The minimum atomic E-state index is -1.75. The normalized spacial score (nSPS) is 10.5. The summed E-state index contributed by atoms with van der Waals surface area (Å²) in [4.78, 5) is 11.9. The van der Waals surface area contributed by atoms with Gasteiger partial charge in [-0.2, -0.15) is 4.39 Å². The van der Waals surface area contributed by atoms with Crippen molar-refractivity contribution in [1.82, 2.24) is 0 Å². The second-order valence-corrected chi connectivity index (χ2v) is 4.36. The third kappa shape index (κ3) is 2.62. The van der Waals surface area contributed by atoms with Gasteiger partial charge in [0.1, 0.15) is 0 Å². The van der Waals surface area contributed by atoms with Gasteiger partial charge in [0.2, 0.25) is 5.82 Å². The molecule has 0 saturated heterocycles. The maximum atomic E-state index is 13.6. The molecular formula is C14H11F3N2O2. The fraction of sp³-hybridized carbons (Fsp3) is 0.0714. The zero-order valence-electron chi connectivity index (χ0n) is 10.9. The average molecular weight is 296 g/mol. The minimum absolute atomic E-state index is 0.295. The molecule has 0 radical (unpaired) electrons. The number of rotatable bonds is 2. The van der Waals surface area contributed by atoms with Crippen LogP contribution < -0.4 is 11.1 Å². The van der Waals surface area contributed by atoms with Gasteiger partial charge < -0.3 is 16.2 Å². The van der Waals surface area contributed by atoms with Crippen LogP contribution in [0.1, 0.15) is 15.9 Å². The molecule has 110 valence electrons. The topological polar surface area (TPSA) is 75.3 Å². The Kier molecular flexibility index (Phi) is 3.75. The van der Waals surface area contributed by atoms with Crippen LogP contribution in [0.4, 0.5) is 24.5 Å². The van der Waals surface area contributed by atoms with Gasteiger partial charge in [-0.15, -0.1) is 0 Å². The number of hydrogen-bond acceptors (Lipinski definition) is 3. The van der Waals surface area contributed by atoms with Gasteiger partial charge in [0.15, 0.2) is 17.4 Å². The zero-order chi connectivity index (χ0) is 15.7. The number of halogens is 3. The SMILES string of the molecule is Cc1c(N)cccc1NC(=O)c1cc(F)c(F)c(O)c1F. The standard InChI is InChI=1S/C14H11F3N2O2/c1-6-9(18)3-2-4-10(6)19-14(21)7-5-8(15)12(17)13(20)11(7)16/h2-5,20H,18H2,1H3,(H,19,21). The Morgan fingerprint density at radius 2 is 1.90 bits per heavy atom. The summed E-state index contributed by atoms with van der Waals surface area (Å²) in [6, 6.07) is 5.06. The molecule has 0 aromatic heterocycles. The van der Waals surface area contributed by atoms with Gasteiger partial charge in [0.25, 0.3) is 5.91 Å². The second kappa shape index (κ2) is 5.35. The lowest BCUT2D eigenvalue weighted by Crippen LogP contribution is -2.16. The van der Waals surface area contributed by atoms with E-state index in [-0.39, 0.29) is 0 Å². The van der Waals surface area contributed by atoms with E-state index < -0.39 is 34.7 Å². The predicted molar refractivity (Wildman–Crippen MR) is 71.5 cm³/mol. The first kappa shape index (κ1) is 14.7. The van der Waals surface area contributed by atoms with Gasteiger partial charge in [0.05, 0.1) is 5.56 Å². The highest BCUT2D eigenvalue weighted by molar-refractivity contribution is 6.05. The number of amides is 1. The molecule has 2 aromatic rings. The van der Waals surface area contributed by atoms with E-state index in [0.29, 0.717) is 23.0 Å². The van der Waals surface area contributed by atoms with Crippen molar-refractivity contribution in [2.24, 2.45) is 0 Å². The highest BCUT2D eigenvalue weighted by atomic mass is 19.2. The van der Waals surface area contributed by atoms with Gasteiger partial charge >= 0.3 is 0 Å². The van der Waals surface area contributed by atoms with Crippen LogP contribution in [0.3, 0.4) is 0 Å². The Bertz CT molecular complexity index is 733. The summed E-state index contributed by atoms with van der Waals surface area (Å²) < 4.78 is 39.8. The van der Waals surface area contributed by atoms with Crippen LogP contribution in [0.2, 0.25) is 0 Å². The monoisotopic (exact) mass is 296 g/mol. The van der Waals surface area contributed by atoms with Crippen molar-refractivity contribution in [3.05, 3.63) is 52.8 Å². The van der Waals surface area contributed by atoms with E-state index in [0.717, 1.165) is 0 Å². The minimum Gasteiger partial charge on any atom is -0.503 e. The average Bonchev–Trinajstić information content (AvgIpc) is 2.45. The van der Waals surface area contributed by atoms with Crippen molar-refractivity contribution in [2.45, 2.75) is 6.92 Å². The molecule has 0 atom stereocenters. The molecule has 0 aliphatic rings. The number of nitrogens with one attached hydrogen (secondary N) is 1. The van der Waals surface area contributed by atoms with E-state index in [4.69, 9.17) is 10.8 Å². The van der Waals surface area contributed by atoms with Gasteiger partial charge in [-0.25, -0.2) is 8.78 Å². The van der Waals surface area contributed by atoms with E-state index in [1.807, 2.05) is 0 Å². The molecule has 2 aromatic carbocycles. The van der Waals surface area contributed by atoms with Crippen molar-refractivity contribution >= 4 is 17.3 Å². The number of carbonyl (C=O) groups excluding carboxylic acids is 1. The number of hydrogen-bond donors (Lipinski definition) is 3. The predicted octanol–water partition coefficient (Wildman–Crippen LogP) is 2.95. The molecule has 0 aliphatic heterocycles. The molecule has 0 fully saturated rings. The van der Waals surface area contributed by atoms with Crippen LogP contribution in [-0.4, -0.2) is 11.0 Å². The summed E-state index contributed by atoms with van der Waals surface area (Å²) in [5, 5.41) is 11.4. The molecule has 21 heavy (non-hydrogen) atoms. The Balaban J connectivity index is 2.40. The maximum Gasteiger partial charge on any atom is 0.258 e. The molecule has 1 amide bonds. The summed E-state index contributed by atoms with van der Waals surface area (Å²) in [6.07, 6.45) is 0. The number of phenols is 1. The van der Waals surface area contributed by atoms with E-state index in [9.17, 15) is 18.0 Å². The van der Waals surface area contributed by atoms with Crippen LogP contribution in [-0.2, 0) is 0 Å². The Morgan fingerprint density at radius 1 is 1.24 bits per heavy atom. The number of aromatic hydroxyl groups is 1. The van der Waals surface area contributed by atoms with Crippen molar-refractivity contribution in [3.63, 3.8) is 0 Å². The smallest absolute Gasteiger partial charge is 0.258 e. The summed E-state index contributed by atoms with van der Waals surface area (Å²) in [5.41, 5.74) is 6.09. The first-order valence-corrected chi connectivity index (χ1v) is 5.85. The Hall–Kier alpha value is -2.70. The number of phenolic OH excluding ortho intramolecular Hbond substituents is 1. The van der Waals surface area contributed by atoms with Crippen LogP contribution in [0.25, 0.3) is 0 Å². The van der Waals surface area contributed by atoms with Gasteiger partial charge in [0, 0.05) is 11.4 Å². The fourth-order valence-corrected chi connectivity index (χ4v) is 1.73. The van der Waals surface area contributed by atoms with E-state index in [1.54, 1.807) is 19.1 Å². The quantitative estimate of drug-likeness (QED) is 0.589. The van der Waals surface area contributed by atoms with Crippen molar-refractivity contribution in [2.75, 3.05) is 11.1 Å². The van der Waals surface area contributed by atoms with Crippen LogP contribution in [0, 0.1) is 24.4 Å². The number of nitrogens with two attached hydrogens (primary N) is 1. The number of benzene rings is 2. The first-order valence-electron chi connectivity index (χ1n) is 5.85. The van der Waals surface area contributed by atoms with Gasteiger partial charge in [-0.05, 0) is 30.7 Å². The molecule has 0 aliphatic carbocycles. The van der Waals surface area contributed by atoms with Crippen LogP contribution in [0.15, 0.2) is 24.3 Å². The van der Waals surface area contributed by atoms with Crippen LogP contribution in [0.5, 0.6) is 5.75 Å². The molecule has 0 unspecified atom stereocenters. The summed E-state index contributed by atoms with van der Waals surface area (Å²) in [7, 11) is 0. The summed E-state index contributed by atoms with van der Waals surface area (Å²) in [6.45, 7) is 1.63. The van der Waals surface area contributed by atoms with E-state index in [2.05, 4.69) is 5.32 Å². The molecule has 4 nitrogen and oxygen atoms in total. The second-order valence-electron chi connectivity index (χ2n) is 4.36. The third-order valence-electron chi connectivity index (χ3n) is 3.00. The molecular weight excluding hydrogens is 285 g/mol. The highest BCUT2D eigenvalue weighted by Crippen LogP contribution is 2.27. The molecule has 0 bridgehead atoms. The summed E-state index contributed by atoms with van der Waals surface area (Å²) in [5.74, 6) is -7.37. The van der Waals surface area contributed by atoms with Gasteiger partial charge in [-0.3, -0.25) is 4.79 Å². The fourth-order valence-electron chi connectivity index (χ4n) is 1.73. The van der Waals surface area contributed by atoms with Crippen LogP contribution >= 0.6 is 0 Å². The largest absolute Gasteiger partial charge is 0.503 e. The Labute approximate surface area is 118 Å². The van der Waals surface area contributed by atoms with E-state index >= 15 is 0 Å². The maximum absolute atomic E-state index is 13.6. The lowest BCUT2D eigenvalue weighted by molar-refractivity contribution is 0.102. The van der Waals surface area contributed by atoms with E-state index in [1.165, 1.54) is 6.07 Å². The molecule has 0 spiro atoms. The van der Waals surface area contributed by atoms with Crippen molar-refractivity contribution in [3.8, 4) is 5.75 Å². The molecule has 2 rings (SSSR count). The third-order valence-corrected chi connectivity index (χ3v) is 3.00. The number of anilines is 2.